The smallest absolute Gasteiger partial charge is 0.000580 e. The van der Waals surface area contributed by atoms with Crippen molar-refractivity contribution in [3.8, 4) is 0 Å². The average Bonchev–Trinajstić information content (AvgIpc) is 2.03. The monoisotopic (exact) mass is 152 g/mol. The van der Waals surface area contributed by atoms with Gasteiger partial charge in [0.25, 0.3) is 0 Å². The van der Waals surface area contributed by atoms with Crippen molar-refractivity contribution in [2.24, 2.45) is 0 Å². The summed E-state index contributed by atoms with van der Waals surface area (Å²) in [6.07, 6.45) is 2.85. The predicted molar refractivity (Wildman–Crippen MR) is 45.1 cm³/mol. The molecule has 0 bridgehead atoms. The third-order valence-corrected chi connectivity index (χ3v) is 1.46. The van der Waals surface area contributed by atoms with Crippen LogP contribution in [0.25, 0.3) is 0 Å². The zero-order chi connectivity index (χ0) is 7.23. The van der Waals surface area contributed by atoms with Gasteiger partial charge in [-0.25, -0.2) is 0 Å². The first-order valence-corrected chi connectivity index (χ1v) is 3.66. The van der Waals surface area contributed by atoms with E-state index in [2.05, 4.69) is 12.1 Å². The molecule has 1 aromatic carbocycles. The molecule has 0 amide bonds. The largest absolute Gasteiger partial charge is 0.0933 e. The zero-order valence-corrected chi connectivity index (χ0v) is 6.38. The van der Waals surface area contributed by atoms with E-state index in [1.54, 1.807) is 5.54 Å². The van der Waals surface area contributed by atoms with Crippen molar-refractivity contribution in [2.75, 3.05) is 0 Å². The molecule has 0 heterocycles. The van der Waals surface area contributed by atoms with Crippen molar-refractivity contribution in [1.29, 1.82) is 0 Å². The topological polar surface area (TPSA) is 0 Å². The molecule has 10 heavy (non-hydrogen) atoms. The van der Waals surface area contributed by atoms with Gasteiger partial charge in [0.2, 0.25) is 0 Å². The molecule has 0 aliphatic carbocycles. The van der Waals surface area contributed by atoms with E-state index in [4.69, 9.17) is 11.6 Å². The molecule has 0 radical (unpaired) electrons. The van der Waals surface area contributed by atoms with E-state index in [9.17, 15) is 0 Å². The summed E-state index contributed by atoms with van der Waals surface area (Å²) in [5, 5.41) is 0. The van der Waals surface area contributed by atoms with Gasteiger partial charge in [-0.1, -0.05) is 48.0 Å². The normalized spacial score (nSPS) is 10.5. The van der Waals surface area contributed by atoms with Gasteiger partial charge in [-0.15, -0.1) is 0 Å². The number of halogens is 1. The van der Waals surface area contributed by atoms with E-state index in [0.717, 1.165) is 6.42 Å². The second kappa shape index (κ2) is 4.13. The SMILES string of the molecule is Cl/C=C\Cc1ccccc1. The second-order valence-electron chi connectivity index (χ2n) is 2.05. The van der Waals surface area contributed by atoms with Gasteiger partial charge in [0.15, 0.2) is 0 Å². The minimum atomic E-state index is 0.921. The molecular weight excluding hydrogens is 144 g/mol. The number of hydrogen-bond donors (Lipinski definition) is 0. The van der Waals surface area contributed by atoms with Crippen molar-refractivity contribution < 1.29 is 0 Å². The predicted octanol–water partition coefficient (Wildman–Crippen LogP) is 2.98. The van der Waals surface area contributed by atoms with Crippen molar-refractivity contribution in [3.05, 3.63) is 47.5 Å². The summed E-state index contributed by atoms with van der Waals surface area (Å²) in [5.41, 5.74) is 2.84. The van der Waals surface area contributed by atoms with Gasteiger partial charge in [0.1, 0.15) is 0 Å². The van der Waals surface area contributed by atoms with Crippen LogP contribution in [0.3, 0.4) is 0 Å². The number of allylic oxidation sites excluding steroid dienone is 1. The van der Waals surface area contributed by atoms with E-state index in [0.29, 0.717) is 0 Å². The van der Waals surface area contributed by atoms with Gasteiger partial charge in [-0.2, -0.15) is 0 Å². The van der Waals surface area contributed by atoms with Crippen LogP contribution in [0, 0.1) is 0 Å². The fourth-order valence-electron chi connectivity index (χ4n) is 0.795. The highest BCUT2D eigenvalue weighted by Crippen LogP contribution is 1.99. The van der Waals surface area contributed by atoms with Crippen LogP contribution >= 0.6 is 11.6 Å². The summed E-state index contributed by atoms with van der Waals surface area (Å²) < 4.78 is 0. The van der Waals surface area contributed by atoms with Gasteiger partial charge in [0, 0.05) is 5.54 Å². The lowest BCUT2D eigenvalue weighted by Crippen LogP contribution is -1.76. The third kappa shape index (κ3) is 2.24. The summed E-state index contributed by atoms with van der Waals surface area (Å²) in [5.74, 6) is 0. The van der Waals surface area contributed by atoms with Crippen molar-refractivity contribution >= 4 is 11.6 Å². The Morgan fingerprint density at radius 1 is 1.20 bits per heavy atom. The van der Waals surface area contributed by atoms with Gasteiger partial charge in [-0.3, -0.25) is 0 Å². The maximum Gasteiger partial charge on any atom is 0.000580 e. The Kier molecular flexibility index (Phi) is 3.04. The summed E-state index contributed by atoms with van der Waals surface area (Å²) in [4.78, 5) is 0. The highest BCUT2D eigenvalue weighted by atomic mass is 35.5. The molecule has 0 atom stereocenters. The lowest BCUT2D eigenvalue weighted by atomic mass is 10.2. The molecule has 0 N–H and O–H groups in total. The van der Waals surface area contributed by atoms with Crippen molar-refractivity contribution in [3.63, 3.8) is 0 Å². The van der Waals surface area contributed by atoms with Crippen LogP contribution in [0.4, 0.5) is 0 Å². The van der Waals surface area contributed by atoms with Crippen molar-refractivity contribution in [1.82, 2.24) is 0 Å². The lowest BCUT2D eigenvalue weighted by molar-refractivity contribution is 1.28. The molecule has 0 saturated carbocycles. The van der Waals surface area contributed by atoms with Gasteiger partial charge < -0.3 is 0 Å². The van der Waals surface area contributed by atoms with Gasteiger partial charge in [-0.05, 0) is 12.0 Å². The van der Waals surface area contributed by atoms with Crippen LogP contribution in [-0.4, -0.2) is 0 Å². The standard InChI is InChI=1S/C9H9Cl/c10-8-4-7-9-5-2-1-3-6-9/h1-6,8H,7H2/b8-4-. The molecule has 1 aromatic rings. The van der Waals surface area contributed by atoms with Crippen LogP contribution in [0.15, 0.2) is 41.9 Å². The average molecular weight is 153 g/mol. The van der Waals surface area contributed by atoms with E-state index < -0.39 is 0 Å². The van der Waals surface area contributed by atoms with E-state index in [1.165, 1.54) is 5.56 Å². The molecular formula is C9H9Cl. The first kappa shape index (κ1) is 7.36. The quantitative estimate of drug-likeness (QED) is 0.611. The maximum absolute atomic E-state index is 5.37. The molecule has 1 rings (SSSR count). The minimum absolute atomic E-state index is 0.921. The molecule has 0 nitrogen and oxygen atoms in total. The number of benzene rings is 1. The molecule has 0 aliphatic rings. The molecule has 0 spiro atoms. The van der Waals surface area contributed by atoms with E-state index >= 15 is 0 Å². The summed E-state index contributed by atoms with van der Waals surface area (Å²) in [6, 6.07) is 10.2. The van der Waals surface area contributed by atoms with Crippen LogP contribution in [0.1, 0.15) is 5.56 Å². The Labute approximate surface area is 66.1 Å². The Morgan fingerprint density at radius 3 is 2.50 bits per heavy atom. The summed E-state index contributed by atoms with van der Waals surface area (Å²) in [7, 11) is 0. The summed E-state index contributed by atoms with van der Waals surface area (Å²) >= 11 is 5.37. The Morgan fingerprint density at radius 2 is 1.90 bits per heavy atom. The molecule has 0 unspecified atom stereocenters. The van der Waals surface area contributed by atoms with Crippen LogP contribution < -0.4 is 0 Å². The second-order valence-corrected chi connectivity index (χ2v) is 2.30. The Hall–Kier alpha value is -0.750. The maximum atomic E-state index is 5.37. The Balaban J connectivity index is 2.59. The van der Waals surface area contributed by atoms with E-state index in [1.807, 2.05) is 24.3 Å². The van der Waals surface area contributed by atoms with Crippen molar-refractivity contribution in [2.45, 2.75) is 6.42 Å². The molecule has 52 valence electrons. The zero-order valence-electron chi connectivity index (χ0n) is 5.63. The first-order valence-electron chi connectivity index (χ1n) is 3.22. The van der Waals surface area contributed by atoms with Gasteiger partial charge >= 0.3 is 0 Å². The molecule has 0 aromatic heterocycles. The Bertz CT molecular complexity index is 201. The fraction of sp³-hybridized carbons (Fsp3) is 0.111. The molecule has 0 saturated heterocycles. The lowest BCUT2D eigenvalue weighted by Gasteiger charge is -1.91. The molecule has 0 aliphatic heterocycles. The van der Waals surface area contributed by atoms with E-state index in [-0.39, 0.29) is 0 Å². The van der Waals surface area contributed by atoms with Crippen LogP contribution in [0.2, 0.25) is 0 Å². The minimum Gasteiger partial charge on any atom is -0.0933 e. The van der Waals surface area contributed by atoms with Crippen LogP contribution in [0.5, 0.6) is 0 Å². The van der Waals surface area contributed by atoms with Crippen LogP contribution in [-0.2, 0) is 6.42 Å². The summed E-state index contributed by atoms with van der Waals surface area (Å²) in [6.45, 7) is 0. The molecule has 0 fully saturated rings. The highest BCUT2D eigenvalue weighted by Gasteiger charge is 1.83. The fourth-order valence-corrected chi connectivity index (χ4v) is 0.884. The third-order valence-electron chi connectivity index (χ3n) is 1.29. The molecule has 1 heteroatoms. The number of rotatable bonds is 2. The first-order chi connectivity index (χ1) is 4.93. The number of hydrogen-bond acceptors (Lipinski definition) is 0. The van der Waals surface area contributed by atoms with Gasteiger partial charge in [0.05, 0.1) is 0 Å². The highest BCUT2D eigenvalue weighted by molar-refractivity contribution is 6.25.